The second kappa shape index (κ2) is 10.5. The van der Waals surface area contributed by atoms with Gasteiger partial charge in [-0.25, -0.2) is 4.68 Å². The van der Waals surface area contributed by atoms with Crippen LogP contribution in [0.1, 0.15) is 43.4 Å². The van der Waals surface area contributed by atoms with E-state index in [0.717, 1.165) is 69.9 Å². The minimum atomic E-state index is -0.0379. The third-order valence-electron chi connectivity index (χ3n) is 7.08. The molecular weight excluding hydrogens is 404 g/mol. The van der Waals surface area contributed by atoms with E-state index in [9.17, 15) is 9.59 Å². The quantitative estimate of drug-likeness (QED) is 0.664. The van der Waals surface area contributed by atoms with Gasteiger partial charge in [-0.05, 0) is 31.9 Å². The zero-order chi connectivity index (χ0) is 22.5. The van der Waals surface area contributed by atoms with Crippen molar-refractivity contribution in [2.45, 2.75) is 45.6 Å². The van der Waals surface area contributed by atoms with Crippen molar-refractivity contribution >= 4 is 5.91 Å². The lowest BCUT2D eigenvalue weighted by Crippen LogP contribution is -2.45. The van der Waals surface area contributed by atoms with Crippen LogP contribution in [0.4, 0.5) is 0 Å². The number of nitrogens with zero attached hydrogens (tertiary/aromatic N) is 4. The van der Waals surface area contributed by atoms with Gasteiger partial charge in [0.15, 0.2) is 0 Å². The van der Waals surface area contributed by atoms with Gasteiger partial charge in [-0.15, -0.1) is 0 Å². The first kappa shape index (κ1) is 22.8. The third-order valence-corrected chi connectivity index (χ3v) is 7.08. The van der Waals surface area contributed by atoms with Crippen molar-refractivity contribution in [3.63, 3.8) is 0 Å². The van der Waals surface area contributed by atoms with Crippen molar-refractivity contribution < 1.29 is 9.53 Å². The van der Waals surface area contributed by atoms with Crippen molar-refractivity contribution in [1.29, 1.82) is 0 Å². The van der Waals surface area contributed by atoms with Crippen molar-refractivity contribution in [3.8, 4) is 5.69 Å². The molecule has 7 heteroatoms. The number of morpholine rings is 1. The minimum absolute atomic E-state index is 0.0379. The maximum Gasteiger partial charge on any atom is 0.276 e. The van der Waals surface area contributed by atoms with E-state index in [4.69, 9.17) is 4.74 Å². The summed E-state index contributed by atoms with van der Waals surface area (Å²) in [4.78, 5) is 31.3. The molecule has 174 valence electrons. The number of hydrogen-bond donors (Lipinski definition) is 0. The summed E-state index contributed by atoms with van der Waals surface area (Å²) in [6.07, 6.45) is 5.40. The van der Waals surface area contributed by atoms with Crippen LogP contribution in [0.3, 0.4) is 0 Å². The molecule has 0 spiro atoms. The van der Waals surface area contributed by atoms with Crippen LogP contribution in [-0.4, -0.2) is 64.5 Å². The van der Waals surface area contributed by atoms with Crippen molar-refractivity contribution in [2.24, 2.45) is 13.0 Å². The molecule has 0 bridgehead atoms. The van der Waals surface area contributed by atoms with Crippen LogP contribution in [0.2, 0.25) is 0 Å². The Morgan fingerprint density at radius 3 is 2.47 bits per heavy atom. The van der Waals surface area contributed by atoms with Crippen LogP contribution in [-0.2, 0) is 23.1 Å². The highest BCUT2D eigenvalue weighted by molar-refractivity contribution is 5.79. The van der Waals surface area contributed by atoms with E-state index in [0.29, 0.717) is 18.7 Å². The molecule has 1 aliphatic heterocycles. The molecule has 0 unspecified atom stereocenters. The van der Waals surface area contributed by atoms with Gasteiger partial charge >= 0.3 is 0 Å². The molecule has 2 fully saturated rings. The average molecular weight is 441 g/mol. The van der Waals surface area contributed by atoms with Crippen LogP contribution in [0.15, 0.2) is 35.1 Å². The maximum absolute atomic E-state index is 13.5. The topological polar surface area (TPSA) is 59.7 Å². The minimum Gasteiger partial charge on any atom is -0.379 e. The van der Waals surface area contributed by atoms with Gasteiger partial charge in [0, 0.05) is 44.8 Å². The number of aromatic nitrogens is 2. The van der Waals surface area contributed by atoms with Crippen LogP contribution in [0.25, 0.3) is 5.69 Å². The van der Waals surface area contributed by atoms with Crippen LogP contribution in [0, 0.1) is 12.8 Å². The SMILES string of the molecule is Cc1c(CN(CCN2CCOCC2)C(=O)C2CCCCC2)c(=O)n(-c2ccccc2)n1C. The second-order valence-corrected chi connectivity index (χ2v) is 9.09. The summed E-state index contributed by atoms with van der Waals surface area (Å²) in [5.74, 6) is 0.306. The molecule has 1 amide bonds. The Balaban J connectivity index is 1.58. The summed E-state index contributed by atoms with van der Waals surface area (Å²) in [6.45, 7) is 7.11. The van der Waals surface area contributed by atoms with E-state index in [-0.39, 0.29) is 17.4 Å². The van der Waals surface area contributed by atoms with Gasteiger partial charge in [0.25, 0.3) is 5.56 Å². The highest BCUT2D eigenvalue weighted by Gasteiger charge is 2.28. The Labute approximate surface area is 190 Å². The fourth-order valence-electron chi connectivity index (χ4n) is 4.96. The number of amides is 1. The predicted octanol–water partition coefficient (Wildman–Crippen LogP) is 2.73. The Morgan fingerprint density at radius 1 is 1.09 bits per heavy atom. The average Bonchev–Trinajstić information content (AvgIpc) is 3.05. The summed E-state index contributed by atoms with van der Waals surface area (Å²) in [5, 5.41) is 0. The number of benzene rings is 1. The standard InChI is InChI=1S/C25H36N4O3/c1-20-23(25(31)29(26(20)2)22-11-7-4-8-12-22)19-28(14-13-27-15-17-32-18-16-27)24(30)21-9-5-3-6-10-21/h4,7-8,11-12,21H,3,5-6,9-10,13-19H2,1-2H3. The highest BCUT2D eigenvalue weighted by Crippen LogP contribution is 2.26. The van der Waals surface area contributed by atoms with Crippen LogP contribution in [0.5, 0.6) is 0 Å². The number of para-hydroxylation sites is 1. The molecule has 7 nitrogen and oxygen atoms in total. The molecule has 1 aromatic carbocycles. The first-order chi connectivity index (χ1) is 15.6. The van der Waals surface area contributed by atoms with Gasteiger partial charge in [-0.2, -0.15) is 0 Å². The van der Waals surface area contributed by atoms with E-state index in [1.54, 1.807) is 4.68 Å². The smallest absolute Gasteiger partial charge is 0.276 e. The molecule has 0 N–H and O–H groups in total. The molecule has 1 saturated carbocycles. The van der Waals surface area contributed by atoms with E-state index in [1.807, 2.05) is 53.9 Å². The van der Waals surface area contributed by atoms with Gasteiger partial charge in [-0.3, -0.25) is 19.2 Å². The lowest BCUT2D eigenvalue weighted by Gasteiger charge is -2.32. The van der Waals surface area contributed by atoms with E-state index in [2.05, 4.69) is 4.90 Å². The number of carbonyl (C=O) groups excluding carboxylic acids is 1. The molecule has 1 saturated heterocycles. The van der Waals surface area contributed by atoms with Gasteiger partial charge < -0.3 is 9.64 Å². The zero-order valence-corrected chi connectivity index (χ0v) is 19.5. The number of ether oxygens (including phenoxy) is 1. The number of hydrogen-bond acceptors (Lipinski definition) is 4. The van der Waals surface area contributed by atoms with Gasteiger partial charge in [0.2, 0.25) is 5.91 Å². The summed E-state index contributed by atoms with van der Waals surface area (Å²) >= 11 is 0. The van der Waals surface area contributed by atoms with E-state index in [1.165, 1.54) is 6.42 Å². The molecule has 1 aliphatic carbocycles. The van der Waals surface area contributed by atoms with Crippen molar-refractivity contribution in [3.05, 3.63) is 51.9 Å². The van der Waals surface area contributed by atoms with Gasteiger partial charge in [0.05, 0.1) is 31.0 Å². The fraction of sp³-hybridized carbons (Fsp3) is 0.600. The predicted molar refractivity (Wildman–Crippen MR) is 125 cm³/mol. The largest absolute Gasteiger partial charge is 0.379 e. The summed E-state index contributed by atoms with van der Waals surface area (Å²) < 4.78 is 9.07. The molecule has 4 rings (SSSR count). The Hall–Kier alpha value is -2.38. The lowest BCUT2D eigenvalue weighted by atomic mass is 9.88. The number of rotatable bonds is 7. The first-order valence-corrected chi connectivity index (χ1v) is 12.0. The monoisotopic (exact) mass is 440 g/mol. The molecular formula is C25H36N4O3. The maximum atomic E-state index is 13.5. The normalized spacial score (nSPS) is 18.1. The molecule has 1 aromatic heterocycles. The second-order valence-electron chi connectivity index (χ2n) is 9.09. The summed E-state index contributed by atoms with van der Waals surface area (Å²) in [7, 11) is 1.91. The zero-order valence-electron chi connectivity index (χ0n) is 19.5. The Morgan fingerprint density at radius 2 is 1.78 bits per heavy atom. The fourth-order valence-corrected chi connectivity index (χ4v) is 4.96. The molecule has 2 aromatic rings. The summed E-state index contributed by atoms with van der Waals surface area (Å²) in [6, 6.07) is 9.69. The first-order valence-electron chi connectivity index (χ1n) is 12.0. The Bertz CT molecular complexity index is 954. The van der Waals surface area contributed by atoms with E-state index < -0.39 is 0 Å². The molecule has 0 atom stereocenters. The Kier molecular flexibility index (Phi) is 7.48. The van der Waals surface area contributed by atoms with Crippen molar-refractivity contribution in [2.75, 3.05) is 39.4 Å². The summed E-state index contributed by atoms with van der Waals surface area (Å²) in [5.41, 5.74) is 2.42. The highest BCUT2D eigenvalue weighted by atomic mass is 16.5. The van der Waals surface area contributed by atoms with Gasteiger partial charge in [-0.1, -0.05) is 37.5 Å². The van der Waals surface area contributed by atoms with Crippen LogP contribution < -0.4 is 5.56 Å². The van der Waals surface area contributed by atoms with Crippen LogP contribution >= 0.6 is 0 Å². The molecule has 0 radical (unpaired) electrons. The molecule has 2 heterocycles. The number of carbonyl (C=O) groups is 1. The van der Waals surface area contributed by atoms with Crippen molar-refractivity contribution in [1.82, 2.24) is 19.2 Å². The van der Waals surface area contributed by atoms with E-state index >= 15 is 0 Å². The molecule has 2 aliphatic rings. The third kappa shape index (κ3) is 4.99. The molecule has 32 heavy (non-hydrogen) atoms. The lowest BCUT2D eigenvalue weighted by molar-refractivity contribution is -0.137. The van der Waals surface area contributed by atoms with Gasteiger partial charge in [0.1, 0.15) is 0 Å².